The van der Waals surface area contributed by atoms with Crippen LogP contribution in [0.1, 0.15) is 18.4 Å². The van der Waals surface area contributed by atoms with Crippen LogP contribution >= 0.6 is 0 Å². The summed E-state index contributed by atoms with van der Waals surface area (Å²) >= 11 is 0. The number of nitrogen functional groups attached to an aromatic ring is 1. The first-order chi connectivity index (χ1) is 7.81. The highest BCUT2D eigenvalue weighted by Gasteiger charge is 2.36. The molecule has 86 valence electrons. The Balaban J connectivity index is 1.55. The van der Waals surface area contributed by atoms with Crippen molar-refractivity contribution in [3.8, 4) is 0 Å². The molecule has 0 unspecified atom stereocenters. The summed E-state index contributed by atoms with van der Waals surface area (Å²) in [6.07, 6.45) is 4.08. The van der Waals surface area contributed by atoms with Crippen LogP contribution in [-0.2, 0) is 6.42 Å². The van der Waals surface area contributed by atoms with Crippen LogP contribution in [0, 0.1) is 11.8 Å². The van der Waals surface area contributed by atoms with Gasteiger partial charge >= 0.3 is 0 Å². The summed E-state index contributed by atoms with van der Waals surface area (Å²) in [5.74, 6) is 2.01. The van der Waals surface area contributed by atoms with Crippen LogP contribution in [0.5, 0.6) is 0 Å². The largest absolute Gasteiger partial charge is 0.399 e. The van der Waals surface area contributed by atoms with Crippen LogP contribution < -0.4 is 5.73 Å². The van der Waals surface area contributed by atoms with Crippen LogP contribution in [0.4, 0.5) is 5.69 Å². The summed E-state index contributed by atoms with van der Waals surface area (Å²) < 4.78 is 0. The van der Waals surface area contributed by atoms with Crippen molar-refractivity contribution in [1.29, 1.82) is 0 Å². The van der Waals surface area contributed by atoms with Gasteiger partial charge in [-0.2, -0.15) is 0 Å². The molecule has 0 amide bonds. The zero-order chi connectivity index (χ0) is 11.0. The third-order valence-corrected chi connectivity index (χ3v) is 4.12. The van der Waals surface area contributed by atoms with E-state index in [0.29, 0.717) is 0 Å². The quantitative estimate of drug-likeness (QED) is 0.784. The molecule has 1 aromatic carbocycles. The number of hydrogen-bond acceptors (Lipinski definition) is 2. The van der Waals surface area contributed by atoms with Gasteiger partial charge in [-0.05, 0) is 42.7 Å². The van der Waals surface area contributed by atoms with Gasteiger partial charge in [-0.15, -0.1) is 0 Å². The van der Waals surface area contributed by atoms with Gasteiger partial charge in [-0.25, -0.2) is 0 Å². The Morgan fingerprint density at radius 2 is 1.81 bits per heavy atom. The van der Waals surface area contributed by atoms with Gasteiger partial charge in [0.05, 0.1) is 0 Å². The minimum atomic E-state index is 0.949. The fraction of sp³-hybridized carbons (Fsp3) is 0.571. The van der Waals surface area contributed by atoms with Crippen LogP contribution in [0.2, 0.25) is 0 Å². The fourth-order valence-electron chi connectivity index (χ4n) is 3.20. The molecule has 2 nitrogen and oxygen atoms in total. The normalized spacial score (nSPS) is 28.8. The highest BCUT2D eigenvalue weighted by atomic mass is 15.1. The van der Waals surface area contributed by atoms with Gasteiger partial charge in [0.25, 0.3) is 0 Å². The molecule has 2 heterocycles. The monoisotopic (exact) mass is 216 g/mol. The lowest BCUT2D eigenvalue weighted by atomic mass is 9.71. The van der Waals surface area contributed by atoms with Gasteiger partial charge in [0.1, 0.15) is 0 Å². The van der Waals surface area contributed by atoms with Crippen molar-refractivity contribution in [1.82, 2.24) is 4.90 Å². The van der Waals surface area contributed by atoms with E-state index in [4.69, 9.17) is 5.73 Å². The van der Waals surface area contributed by atoms with Gasteiger partial charge in [-0.3, -0.25) is 0 Å². The second-order valence-corrected chi connectivity index (χ2v) is 5.41. The lowest BCUT2D eigenvalue weighted by Crippen LogP contribution is -2.49. The molecule has 16 heavy (non-hydrogen) atoms. The van der Waals surface area contributed by atoms with E-state index in [-0.39, 0.29) is 0 Å². The first kappa shape index (κ1) is 10.2. The maximum absolute atomic E-state index is 5.95. The first-order valence-corrected chi connectivity index (χ1v) is 6.37. The number of para-hydroxylation sites is 1. The molecule has 2 heteroatoms. The lowest BCUT2D eigenvalue weighted by Gasteiger charge is -2.47. The van der Waals surface area contributed by atoms with Crippen molar-refractivity contribution in [3.05, 3.63) is 29.8 Å². The van der Waals surface area contributed by atoms with Gasteiger partial charge < -0.3 is 10.6 Å². The Labute approximate surface area is 97.4 Å². The number of piperidine rings is 2. The Kier molecular flexibility index (Phi) is 2.60. The molecule has 2 bridgehead atoms. The van der Waals surface area contributed by atoms with E-state index >= 15 is 0 Å². The van der Waals surface area contributed by atoms with Gasteiger partial charge in [0, 0.05) is 25.3 Å². The van der Waals surface area contributed by atoms with E-state index in [0.717, 1.165) is 23.9 Å². The number of benzene rings is 1. The Morgan fingerprint density at radius 1 is 1.12 bits per heavy atom. The van der Waals surface area contributed by atoms with Crippen LogP contribution in [0.15, 0.2) is 24.3 Å². The van der Waals surface area contributed by atoms with Crippen molar-refractivity contribution in [2.45, 2.75) is 19.3 Å². The average Bonchev–Trinajstić information content (AvgIpc) is 2.27. The van der Waals surface area contributed by atoms with Crippen LogP contribution in [0.3, 0.4) is 0 Å². The third-order valence-electron chi connectivity index (χ3n) is 4.12. The molecule has 1 aliphatic carbocycles. The second-order valence-electron chi connectivity index (χ2n) is 5.41. The fourth-order valence-corrected chi connectivity index (χ4v) is 3.20. The maximum atomic E-state index is 5.95. The molecular formula is C14H20N2. The van der Waals surface area contributed by atoms with Crippen molar-refractivity contribution in [2.75, 3.05) is 25.4 Å². The second kappa shape index (κ2) is 4.10. The van der Waals surface area contributed by atoms with Gasteiger partial charge in [-0.1, -0.05) is 18.2 Å². The molecule has 2 saturated heterocycles. The SMILES string of the molecule is Nc1ccccc1CCN1CC2CC(C2)C1. The van der Waals surface area contributed by atoms with E-state index in [1.54, 1.807) is 0 Å². The predicted octanol–water partition coefficient (Wildman–Crippen LogP) is 2.15. The van der Waals surface area contributed by atoms with Crippen molar-refractivity contribution < 1.29 is 0 Å². The Hall–Kier alpha value is -1.02. The summed E-state index contributed by atoms with van der Waals surface area (Å²) in [5, 5.41) is 0. The minimum Gasteiger partial charge on any atom is -0.399 e. The highest BCUT2D eigenvalue weighted by Crippen LogP contribution is 2.39. The smallest absolute Gasteiger partial charge is 0.0347 e. The number of nitrogens with zero attached hydrogens (tertiary/aromatic N) is 1. The lowest BCUT2D eigenvalue weighted by molar-refractivity contribution is 0.0284. The average molecular weight is 216 g/mol. The summed E-state index contributed by atoms with van der Waals surface area (Å²) in [6, 6.07) is 8.25. The zero-order valence-corrected chi connectivity index (χ0v) is 9.73. The molecule has 2 aliphatic heterocycles. The van der Waals surface area contributed by atoms with E-state index in [9.17, 15) is 0 Å². The molecule has 2 N–H and O–H groups in total. The number of anilines is 1. The molecule has 1 aromatic rings. The van der Waals surface area contributed by atoms with Crippen LogP contribution in [0.25, 0.3) is 0 Å². The third kappa shape index (κ3) is 1.94. The summed E-state index contributed by atoms with van der Waals surface area (Å²) in [6.45, 7) is 3.83. The standard InChI is InChI=1S/C14H20N2/c15-14-4-2-1-3-13(14)5-6-16-9-11-7-12(8-11)10-16/h1-4,11-12H,5-10,15H2. The zero-order valence-electron chi connectivity index (χ0n) is 9.73. The summed E-state index contributed by atoms with van der Waals surface area (Å²) in [4.78, 5) is 2.62. The Bertz CT molecular complexity index is 359. The molecule has 4 rings (SSSR count). The highest BCUT2D eigenvalue weighted by molar-refractivity contribution is 5.46. The van der Waals surface area contributed by atoms with Crippen LogP contribution in [-0.4, -0.2) is 24.5 Å². The van der Waals surface area contributed by atoms with Gasteiger partial charge in [0.15, 0.2) is 0 Å². The number of rotatable bonds is 3. The number of fused-ring (bicyclic) bond motifs is 2. The molecule has 0 atom stereocenters. The molecule has 0 radical (unpaired) electrons. The van der Waals surface area contributed by atoms with E-state index < -0.39 is 0 Å². The molecule has 0 spiro atoms. The van der Waals surface area contributed by atoms with E-state index in [1.165, 1.54) is 38.0 Å². The van der Waals surface area contributed by atoms with E-state index in [1.807, 2.05) is 12.1 Å². The van der Waals surface area contributed by atoms with E-state index in [2.05, 4.69) is 17.0 Å². The summed E-state index contributed by atoms with van der Waals surface area (Å²) in [5.41, 5.74) is 8.21. The molecular weight excluding hydrogens is 196 g/mol. The Morgan fingerprint density at radius 3 is 2.50 bits per heavy atom. The predicted molar refractivity (Wildman–Crippen MR) is 67.2 cm³/mol. The topological polar surface area (TPSA) is 29.3 Å². The number of hydrogen-bond donors (Lipinski definition) is 1. The maximum Gasteiger partial charge on any atom is 0.0347 e. The van der Waals surface area contributed by atoms with Gasteiger partial charge in [0.2, 0.25) is 0 Å². The number of nitrogens with two attached hydrogens (primary N) is 1. The molecule has 3 aliphatic rings. The first-order valence-electron chi connectivity index (χ1n) is 6.37. The molecule has 1 saturated carbocycles. The van der Waals surface area contributed by atoms with Crippen molar-refractivity contribution in [2.24, 2.45) is 11.8 Å². The van der Waals surface area contributed by atoms with Crippen molar-refractivity contribution >= 4 is 5.69 Å². The summed E-state index contributed by atoms with van der Waals surface area (Å²) in [7, 11) is 0. The molecule has 3 fully saturated rings. The van der Waals surface area contributed by atoms with Crippen molar-refractivity contribution in [3.63, 3.8) is 0 Å². The molecule has 0 aromatic heterocycles. The minimum absolute atomic E-state index is 0.949.